The number of likely N-dealkylation sites (tertiary alicyclic amines) is 1. The van der Waals surface area contributed by atoms with Crippen molar-refractivity contribution in [1.29, 1.82) is 0 Å². The normalized spacial score (nSPS) is 14.7. The van der Waals surface area contributed by atoms with Crippen LogP contribution in [0.4, 0.5) is 0 Å². The third-order valence-corrected chi connectivity index (χ3v) is 5.35. The van der Waals surface area contributed by atoms with Gasteiger partial charge in [-0.1, -0.05) is 18.1 Å². The zero-order valence-electron chi connectivity index (χ0n) is 17.4. The highest BCUT2D eigenvalue weighted by molar-refractivity contribution is 5.94. The van der Waals surface area contributed by atoms with Crippen LogP contribution in [-0.4, -0.2) is 41.5 Å². The first-order chi connectivity index (χ1) is 14.0. The van der Waals surface area contributed by atoms with Crippen LogP contribution in [-0.2, 0) is 11.4 Å². The van der Waals surface area contributed by atoms with E-state index in [9.17, 15) is 9.59 Å². The maximum atomic E-state index is 12.9. The number of piperidine rings is 1. The largest absolute Gasteiger partial charge is 0.489 e. The molecule has 1 aliphatic heterocycles. The molecule has 0 radical (unpaired) electrons. The van der Waals surface area contributed by atoms with Crippen molar-refractivity contribution >= 4 is 11.8 Å². The molecule has 1 aromatic carbocycles. The fourth-order valence-electron chi connectivity index (χ4n) is 3.50. The molecule has 2 amide bonds. The van der Waals surface area contributed by atoms with Gasteiger partial charge < -0.3 is 19.5 Å². The molecular weight excluding hydrogens is 370 g/mol. The number of nitrogens with zero attached hydrogens (tertiary/aromatic N) is 2. The molecule has 7 nitrogen and oxygen atoms in total. The van der Waals surface area contributed by atoms with Gasteiger partial charge in [0.05, 0.1) is 11.3 Å². The molecule has 1 saturated heterocycles. The van der Waals surface area contributed by atoms with Crippen LogP contribution in [0.2, 0.25) is 0 Å². The van der Waals surface area contributed by atoms with E-state index in [4.69, 9.17) is 9.26 Å². The Morgan fingerprint density at radius 3 is 2.69 bits per heavy atom. The number of aromatic nitrogens is 1. The third-order valence-electron chi connectivity index (χ3n) is 5.35. The number of benzene rings is 1. The number of rotatable bonds is 7. The number of carbonyl (C=O) groups is 2. The van der Waals surface area contributed by atoms with Gasteiger partial charge in [-0.2, -0.15) is 0 Å². The lowest BCUT2D eigenvalue weighted by Gasteiger charge is -2.31. The van der Waals surface area contributed by atoms with Crippen molar-refractivity contribution in [3.63, 3.8) is 0 Å². The minimum absolute atomic E-state index is 0.00434. The topological polar surface area (TPSA) is 84.7 Å². The second kappa shape index (κ2) is 9.58. The van der Waals surface area contributed by atoms with Gasteiger partial charge in [-0.05, 0) is 51.3 Å². The van der Waals surface area contributed by atoms with Gasteiger partial charge in [-0.3, -0.25) is 9.59 Å². The molecule has 3 rings (SSSR count). The van der Waals surface area contributed by atoms with E-state index >= 15 is 0 Å². The first kappa shape index (κ1) is 20.9. The van der Waals surface area contributed by atoms with Crippen molar-refractivity contribution in [2.45, 2.75) is 46.6 Å². The number of amides is 2. The summed E-state index contributed by atoms with van der Waals surface area (Å²) < 4.78 is 11.0. The minimum Gasteiger partial charge on any atom is -0.489 e. The van der Waals surface area contributed by atoms with E-state index in [1.54, 1.807) is 12.1 Å². The zero-order valence-corrected chi connectivity index (χ0v) is 17.4. The van der Waals surface area contributed by atoms with Gasteiger partial charge in [0.1, 0.15) is 18.1 Å². The van der Waals surface area contributed by atoms with Crippen molar-refractivity contribution in [3.8, 4) is 5.75 Å². The summed E-state index contributed by atoms with van der Waals surface area (Å²) in [5.74, 6) is 1.44. The number of nitrogens with one attached hydrogen (secondary N) is 1. The van der Waals surface area contributed by atoms with Crippen LogP contribution in [0, 0.1) is 19.8 Å². The van der Waals surface area contributed by atoms with Crippen LogP contribution in [0.3, 0.4) is 0 Å². The number of aryl methyl sites for hydroxylation is 2. The SMILES string of the molecule is CCCNC(=O)C1CCN(C(=O)c2cccc(OCc3c(C)noc3C)c2)CC1. The molecule has 1 aromatic heterocycles. The Hall–Kier alpha value is -2.83. The van der Waals surface area contributed by atoms with Crippen LogP contribution in [0.15, 0.2) is 28.8 Å². The van der Waals surface area contributed by atoms with Gasteiger partial charge in [-0.15, -0.1) is 0 Å². The Bertz CT molecular complexity index is 834. The van der Waals surface area contributed by atoms with Crippen molar-refractivity contribution in [3.05, 3.63) is 46.8 Å². The summed E-state index contributed by atoms with van der Waals surface area (Å²) >= 11 is 0. The minimum atomic E-state index is -0.0276. The molecule has 2 heterocycles. The highest BCUT2D eigenvalue weighted by atomic mass is 16.5. The molecule has 156 valence electrons. The second-order valence-electron chi connectivity index (χ2n) is 7.48. The highest BCUT2D eigenvalue weighted by Gasteiger charge is 2.27. The maximum Gasteiger partial charge on any atom is 0.253 e. The van der Waals surface area contributed by atoms with Crippen LogP contribution in [0.25, 0.3) is 0 Å². The molecule has 2 aromatic rings. The lowest BCUT2D eigenvalue weighted by molar-refractivity contribution is -0.126. The van der Waals surface area contributed by atoms with E-state index in [2.05, 4.69) is 10.5 Å². The average molecular weight is 399 g/mol. The summed E-state index contributed by atoms with van der Waals surface area (Å²) in [5.41, 5.74) is 2.32. The Labute approximate surface area is 171 Å². The lowest BCUT2D eigenvalue weighted by Crippen LogP contribution is -2.43. The molecule has 0 spiro atoms. The van der Waals surface area contributed by atoms with E-state index in [1.807, 2.05) is 37.8 Å². The summed E-state index contributed by atoms with van der Waals surface area (Å²) in [4.78, 5) is 26.8. The zero-order chi connectivity index (χ0) is 20.8. The summed E-state index contributed by atoms with van der Waals surface area (Å²) in [6, 6.07) is 7.21. The summed E-state index contributed by atoms with van der Waals surface area (Å²) in [6.45, 7) is 8.00. The number of hydrogen-bond donors (Lipinski definition) is 1. The number of carbonyl (C=O) groups excluding carboxylic acids is 2. The smallest absolute Gasteiger partial charge is 0.253 e. The van der Waals surface area contributed by atoms with Gasteiger partial charge in [0.15, 0.2) is 0 Å². The fourth-order valence-corrected chi connectivity index (χ4v) is 3.50. The fraction of sp³-hybridized carbons (Fsp3) is 0.500. The predicted octanol–water partition coefficient (Wildman–Crippen LogP) is 3.25. The monoisotopic (exact) mass is 399 g/mol. The molecule has 7 heteroatoms. The van der Waals surface area contributed by atoms with Crippen LogP contribution < -0.4 is 10.1 Å². The van der Waals surface area contributed by atoms with Gasteiger partial charge in [-0.25, -0.2) is 0 Å². The number of hydrogen-bond acceptors (Lipinski definition) is 5. The van der Waals surface area contributed by atoms with Gasteiger partial charge in [0, 0.05) is 31.1 Å². The molecule has 0 saturated carbocycles. The molecule has 0 atom stereocenters. The quantitative estimate of drug-likeness (QED) is 0.773. The lowest BCUT2D eigenvalue weighted by atomic mass is 9.95. The van der Waals surface area contributed by atoms with Gasteiger partial charge in [0.2, 0.25) is 5.91 Å². The summed E-state index contributed by atoms with van der Waals surface area (Å²) in [6.07, 6.45) is 2.32. The predicted molar refractivity (Wildman–Crippen MR) is 109 cm³/mol. The standard InChI is InChI=1S/C22H29N3O4/c1-4-10-23-21(26)17-8-11-25(12-9-17)22(27)18-6-5-7-19(13-18)28-14-20-15(2)24-29-16(20)3/h5-7,13,17H,4,8-12,14H2,1-3H3,(H,23,26). The van der Waals surface area contributed by atoms with Gasteiger partial charge in [0.25, 0.3) is 5.91 Å². The summed E-state index contributed by atoms with van der Waals surface area (Å²) in [7, 11) is 0. The highest BCUT2D eigenvalue weighted by Crippen LogP contribution is 2.22. The van der Waals surface area contributed by atoms with E-state index < -0.39 is 0 Å². The Morgan fingerprint density at radius 2 is 2.03 bits per heavy atom. The van der Waals surface area contributed by atoms with Crippen molar-refractivity contribution < 1.29 is 18.8 Å². The van der Waals surface area contributed by atoms with E-state index in [0.29, 0.717) is 50.4 Å². The first-order valence-corrected chi connectivity index (χ1v) is 10.2. The van der Waals surface area contributed by atoms with E-state index in [-0.39, 0.29) is 17.7 Å². The van der Waals surface area contributed by atoms with Crippen molar-refractivity contribution in [1.82, 2.24) is 15.4 Å². The van der Waals surface area contributed by atoms with Crippen LogP contribution >= 0.6 is 0 Å². The Balaban J connectivity index is 1.56. The molecule has 1 aliphatic rings. The van der Waals surface area contributed by atoms with Gasteiger partial charge >= 0.3 is 0 Å². The second-order valence-corrected chi connectivity index (χ2v) is 7.48. The Morgan fingerprint density at radius 1 is 1.28 bits per heavy atom. The Kier molecular flexibility index (Phi) is 6.90. The van der Waals surface area contributed by atoms with Crippen molar-refractivity contribution in [2.75, 3.05) is 19.6 Å². The number of ether oxygens (including phenoxy) is 1. The average Bonchev–Trinajstić information content (AvgIpc) is 3.07. The third kappa shape index (κ3) is 5.16. The molecular formula is C22H29N3O4. The molecule has 0 bridgehead atoms. The van der Waals surface area contributed by atoms with Crippen LogP contribution in [0.5, 0.6) is 5.75 Å². The maximum absolute atomic E-state index is 12.9. The molecule has 0 unspecified atom stereocenters. The van der Waals surface area contributed by atoms with E-state index in [0.717, 1.165) is 23.4 Å². The molecule has 1 fully saturated rings. The van der Waals surface area contributed by atoms with E-state index in [1.165, 1.54) is 0 Å². The molecule has 1 N–H and O–H groups in total. The first-order valence-electron chi connectivity index (χ1n) is 10.2. The van der Waals surface area contributed by atoms with Crippen LogP contribution in [0.1, 0.15) is 53.6 Å². The summed E-state index contributed by atoms with van der Waals surface area (Å²) in [5, 5.41) is 6.87. The molecule has 29 heavy (non-hydrogen) atoms. The van der Waals surface area contributed by atoms with Crippen molar-refractivity contribution in [2.24, 2.45) is 5.92 Å². The molecule has 0 aliphatic carbocycles.